The maximum absolute atomic E-state index is 12.5. The number of hydrogen-bond donors (Lipinski definition) is 0. The number of aromatic nitrogens is 6. The van der Waals surface area contributed by atoms with Crippen LogP contribution in [0.1, 0.15) is 12.2 Å². The van der Waals surface area contributed by atoms with Gasteiger partial charge in [0.05, 0.1) is 12.1 Å². The van der Waals surface area contributed by atoms with E-state index in [1.54, 1.807) is 15.4 Å². The average Bonchev–Trinajstić information content (AvgIpc) is 3.24. The summed E-state index contributed by atoms with van der Waals surface area (Å²) < 4.78 is 3.44. The van der Waals surface area contributed by atoms with Gasteiger partial charge in [-0.1, -0.05) is 0 Å². The van der Waals surface area contributed by atoms with E-state index in [-0.39, 0.29) is 18.0 Å². The highest BCUT2D eigenvalue weighted by Crippen LogP contribution is 2.34. The molecule has 9 nitrogen and oxygen atoms in total. The molecule has 9 heteroatoms. The minimum absolute atomic E-state index is 0.141. The van der Waals surface area contributed by atoms with Crippen molar-refractivity contribution >= 4 is 17.4 Å². The largest absolute Gasteiger partial charge is 0.351 e. The molecule has 0 spiro atoms. The zero-order valence-electron chi connectivity index (χ0n) is 13.9. The van der Waals surface area contributed by atoms with Crippen LogP contribution in [-0.4, -0.2) is 65.6 Å². The summed E-state index contributed by atoms with van der Waals surface area (Å²) >= 11 is 0. The molecule has 25 heavy (non-hydrogen) atoms. The molecule has 128 valence electrons. The fourth-order valence-corrected chi connectivity index (χ4v) is 3.87. The van der Waals surface area contributed by atoms with Crippen molar-refractivity contribution in [2.24, 2.45) is 0 Å². The van der Waals surface area contributed by atoms with Gasteiger partial charge in [0.15, 0.2) is 11.5 Å². The van der Waals surface area contributed by atoms with Crippen molar-refractivity contribution in [2.45, 2.75) is 32.0 Å². The maximum atomic E-state index is 12.5. The number of nitrogens with zero attached hydrogens (tertiary/aromatic N) is 8. The van der Waals surface area contributed by atoms with Crippen LogP contribution in [-0.2, 0) is 11.3 Å². The Labute approximate surface area is 143 Å². The van der Waals surface area contributed by atoms with Gasteiger partial charge >= 0.3 is 0 Å². The van der Waals surface area contributed by atoms with Crippen LogP contribution in [0.2, 0.25) is 0 Å². The molecule has 0 saturated carbocycles. The fraction of sp³-hybridized carbons (Fsp3) is 0.438. The van der Waals surface area contributed by atoms with E-state index in [9.17, 15) is 4.79 Å². The highest BCUT2D eigenvalue weighted by molar-refractivity contribution is 5.78. The molecule has 3 aromatic heterocycles. The van der Waals surface area contributed by atoms with Gasteiger partial charge in [-0.2, -0.15) is 9.61 Å². The second-order valence-electron chi connectivity index (χ2n) is 6.66. The molecule has 3 saturated heterocycles. The lowest BCUT2D eigenvalue weighted by molar-refractivity contribution is -0.147. The van der Waals surface area contributed by atoms with Gasteiger partial charge in [-0.25, -0.2) is 0 Å². The summed E-state index contributed by atoms with van der Waals surface area (Å²) in [6.07, 6.45) is 4.58. The van der Waals surface area contributed by atoms with E-state index in [0.717, 1.165) is 36.8 Å². The number of aryl methyl sites for hydroxylation is 1. The molecule has 0 aliphatic carbocycles. The second kappa shape index (κ2) is 5.27. The van der Waals surface area contributed by atoms with Crippen molar-refractivity contribution in [3.63, 3.8) is 0 Å². The van der Waals surface area contributed by atoms with Crippen molar-refractivity contribution in [1.82, 2.24) is 34.5 Å². The van der Waals surface area contributed by atoms with Gasteiger partial charge in [0.25, 0.3) is 0 Å². The van der Waals surface area contributed by atoms with Crippen molar-refractivity contribution in [1.29, 1.82) is 0 Å². The molecule has 6 heterocycles. The van der Waals surface area contributed by atoms with Gasteiger partial charge in [0, 0.05) is 25.5 Å². The standard InChI is InChI=1S/C16H18N8O/c1-11-18-19-14-3-4-15(20-24(11)14)21-8-12-7-13(9-21)23(12)16(25)10-22-6-2-5-17-22/h2-6,12-13H,7-10H2,1H3. The highest BCUT2D eigenvalue weighted by atomic mass is 16.2. The van der Waals surface area contributed by atoms with Crippen molar-refractivity contribution in [2.75, 3.05) is 18.0 Å². The SMILES string of the molecule is Cc1nnc2ccc(N3CC4CC(C3)N4C(=O)Cn3cccn3)nn12. The number of piperidine rings is 1. The van der Waals surface area contributed by atoms with Crippen LogP contribution >= 0.6 is 0 Å². The van der Waals surface area contributed by atoms with E-state index < -0.39 is 0 Å². The van der Waals surface area contributed by atoms with Gasteiger partial charge in [0.2, 0.25) is 5.91 Å². The van der Waals surface area contributed by atoms with Crippen molar-refractivity contribution in [3.05, 3.63) is 36.4 Å². The Morgan fingerprint density at radius 1 is 1.24 bits per heavy atom. The molecular formula is C16H18N8O. The number of hydrogen-bond acceptors (Lipinski definition) is 6. The summed E-state index contributed by atoms with van der Waals surface area (Å²) in [5.74, 6) is 1.82. The van der Waals surface area contributed by atoms with E-state index in [0.29, 0.717) is 6.54 Å². The molecule has 3 fully saturated rings. The van der Waals surface area contributed by atoms with E-state index >= 15 is 0 Å². The first-order valence-electron chi connectivity index (χ1n) is 8.41. The Kier molecular flexibility index (Phi) is 3.03. The summed E-state index contributed by atoms with van der Waals surface area (Å²) in [6, 6.07) is 6.25. The number of piperazine rings is 1. The number of rotatable bonds is 3. The Morgan fingerprint density at radius 3 is 2.84 bits per heavy atom. The molecular weight excluding hydrogens is 320 g/mol. The lowest BCUT2D eigenvalue weighted by Crippen LogP contribution is -2.70. The van der Waals surface area contributed by atoms with Crippen LogP contribution in [0.15, 0.2) is 30.6 Å². The second-order valence-corrected chi connectivity index (χ2v) is 6.66. The van der Waals surface area contributed by atoms with Crippen LogP contribution < -0.4 is 4.90 Å². The lowest BCUT2D eigenvalue weighted by Gasteiger charge is -2.56. The lowest BCUT2D eigenvalue weighted by atomic mass is 9.87. The molecule has 2 unspecified atom stereocenters. The van der Waals surface area contributed by atoms with E-state index in [1.807, 2.05) is 36.2 Å². The molecule has 0 aromatic carbocycles. The van der Waals surface area contributed by atoms with Crippen molar-refractivity contribution in [3.8, 4) is 0 Å². The summed E-state index contributed by atoms with van der Waals surface area (Å²) in [5, 5.41) is 16.9. The van der Waals surface area contributed by atoms with E-state index in [4.69, 9.17) is 0 Å². The quantitative estimate of drug-likeness (QED) is 0.674. The van der Waals surface area contributed by atoms with Crippen LogP contribution in [0.5, 0.6) is 0 Å². The monoisotopic (exact) mass is 338 g/mol. The van der Waals surface area contributed by atoms with Crippen LogP contribution in [0.3, 0.4) is 0 Å². The highest BCUT2D eigenvalue weighted by Gasteiger charge is 2.47. The number of fused-ring (bicyclic) bond motifs is 3. The molecule has 3 aliphatic rings. The third kappa shape index (κ3) is 2.26. The minimum Gasteiger partial charge on any atom is -0.351 e. The summed E-state index contributed by atoms with van der Waals surface area (Å²) in [4.78, 5) is 16.8. The Morgan fingerprint density at radius 2 is 2.08 bits per heavy atom. The Balaban J connectivity index is 1.32. The van der Waals surface area contributed by atoms with Crippen LogP contribution in [0, 0.1) is 6.92 Å². The third-order valence-corrected chi connectivity index (χ3v) is 5.07. The third-order valence-electron chi connectivity index (χ3n) is 5.07. The maximum Gasteiger partial charge on any atom is 0.244 e. The van der Waals surface area contributed by atoms with E-state index in [2.05, 4.69) is 25.3 Å². The number of carbonyl (C=O) groups excluding carboxylic acids is 1. The fourth-order valence-electron chi connectivity index (χ4n) is 3.87. The van der Waals surface area contributed by atoms with Gasteiger partial charge in [0.1, 0.15) is 12.4 Å². The molecule has 1 amide bonds. The van der Waals surface area contributed by atoms with Crippen LogP contribution in [0.4, 0.5) is 5.82 Å². The molecule has 2 bridgehead atoms. The van der Waals surface area contributed by atoms with Gasteiger partial charge in [-0.05, 0) is 31.5 Å². The molecule has 2 atom stereocenters. The van der Waals surface area contributed by atoms with Gasteiger partial charge < -0.3 is 9.80 Å². The summed E-state index contributed by atoms with van der Waals surface area (Å²) in [5.41, 5.74) is 0.749. The topological polar surface area (TPSA) is 84.5 Å². The first kappa shape index (κ1) is 14.4. The normalized spacial score (nSPS) is 22.3. The van der Waals surface area contributed by atoms with Crippen LogP contribution in [0.25, 0.3) is 5.65 Å². The molecule has 6 rings (SSSR count). The van der Waals surface area contributed by atoms with Gasteiger partial charge in [-0.15, -0.1) is 15.3 Å². The minimum atomic E-state index is 0.141. The molecule has 3 aliphatic heterocycles. The Bertz CT molecular complexity index is 921. The zero-order chi connectivity index (χ0) is 17.0. The first-order chi connectivity index (χ1) is 12.2. The molecule has 3 aromatic rings. The average molecular weight is 338 g/mol. The molecule has 0 radical (unpaired) electrons. The Hall–Kier alpha value is -2.97. The zero-order valence-corrected chi connectivity index (χ0v) is 13.9. The summed E-state index contributed by atoms with van der Waals surface area (Å²) in [6.45, 7) is 3.81. The predicted molar refractivity (Wildman–Crippen MR) is 89.0 cm³/mol. The van der Waals surface area contributed by atoms with E-state index in [1.165, 1.54) is 0 Å². The predicted octanol–water partition coefficient (Wildman–Crippen LogP) is 0.119. The number of amides is 1. The van der Waals surface area contributed by atoms with Crippen molar-refractivity contribution < 1.29 is 4.79 Å². The smallest absolute Gasteiger partial charge is 0.244 e. The number of carbonyl (C=O) groups is 1. The van der Waals surface area contributed by atoms with Gasteiger partial charge in [-0.3, -0.25) is 9.48 Å². The molecule has 0 N–H and O–H groups in total. The first-order valence-corrected chi connectivity index (χ1v) is 8.41. The summed E-state index contributed by atoms with van der Waals surface area (Å²) in [7, 11) is 0. The number of anilines is 1.